The Morgan fingerprint density at radius 1 is 1.14 bits per heavy atom. The van der Waals surface area contributed by atoms with Crippen LogP contribution in [0.3, 0.4) is 0 Å². The van der Waals surface area contributed by atoms with Gasteiger partial charge in [0, 0.05) is 24.7 Å². The van der Waals surface area contributed by atoms with Crippen LogP contribution in [0.1, 0.15) is 67.2 Å². The van der Waals surface area contributed by atoms with Gasteiger partial charge in [-0.3, -0.25) is 4.90 Å². The minimum Gasteiger partial charge on any atom is -0.381 e. The van der Waals surface area contributed by atoms with Crippen molar-refractivity contribution in [1.29, 1.82) is 0 Å². The molecule has 3 heteroatoms. The fraction of sp³-hybridized carbons (Fsp3) is 1.00. The third-order valence-electron chi connectivity index (χ3n) is 5.47. The molecule has 3 nitrogen and oxygen atoms in total. The van der Waals surface area contributed by atoms with Crippen LogP contribution in [0.15, 0.2) is 0 Å². The van der Waals surface area contributed by atoms with Crippen LogP contribution >= 0.6 is 0 Å². The largest absolute Gasteiger partial charge is 0.381 e. The van der Waals surface area contributed by atoms with Gasteiger partial charge < -0.3 is 9.47 Å². The Kier molecular flexibility index (Phi) is 4.78. The number of hydrogen-bond donors (Lipinski definition) is 0. The van der Waals surface area contributed by atoms with Gasteiger partial charge in [-0.1, -0.05) is 6.92 Å². The standard InChI is InChI=1S/C18H35NO2/c1-14(13-21-16(2,3)4)12-19-17(5)8-9-18(19,6)11-15(10-17)20-7/h14-15H,8-13H2,1-7H3/t14-,15-,17+,18-/m1/s1. The minimum atomic E-state index is -0.0376. The van der Waals surface area contributed by atoms with E-state index in [9.17, 15) is 0 Å². The molecule has 124 valence electrons. The molecule has 0 amide bonds. The molecule has 0 N–H and O–H groups in total. The lowest BCUT2D eigenvalue weighted by Crippen LogP contribution is -2.59. The van der Waals surface area contributed by atoms with Crippen LogP contribution in [0.4, 0.5) is 0 Å². The smallest absolute Gasteiger partial charge is 0.0606 e. The summed E-state index contributed by atoms with van der Waals surface area (Å²) in [6.45, 7) is 15.6. The topological polar surface area (TPSA) is 21.7 Å². The number of hydrogen-bond acceptors (Lipinski definition) is 3. The molecule has 2 saturated heterocycles. The van der Waals surface area contributed by atoms with Crippen molar-refractivity contribution in [3.8, 4) is 0 Å². The summed E-state index contributed by atoms with van der Waals surface area (Å²) in [5.74, 6) is 0.570. The fourth-order valence-electron chi connectivity index (χ4n) is 4.30. The molecule has 0 unspecified atom stereocenters. The summed E-state index contributed by atoms with van der Waals surface area (Å²) in [6, 6.07) is 0. The van der Waals surface area contributed by atoms with Crippen molar-refractivity contribution in [2.24, 2.45) is 5.92 Å². The number of fused-ring (bicyclic) bond motifs is 2. The second-order valence-electron chi connectivity index (χ2n) is 8.90. The quantitative estimate of drug-likeness (QED) is 0.769. The molecule has 21 heavy (non-hydrogen) atoms. The van der Waals surface area contributed by atoms with Crippen LogP contribution in [0.25, 0.3) is 0 Å². The highest BCUT2D eigenvalue weighted by molar-refractivity contribution is 5.11. The van der Waals surface area contributed by atoms with E-state index in [0.29, 0.717) is 23.1 Å². The first-order chi connectivity index (χ1) is 9.58. The van der Waals surface area contributed by atoms with Crippen LogP contribution in [-0.4, -0.2) is 47.9 Å². The molecule has 0 saturated carbocycles. The van der Waals surface area contributed by atoms with Crippen molar-refractivity contribution >= 4 is 0 Å². The lowest BCUT2D eigenvalue weighted by Gasteiger charge is -2.51. The maximum atomic E-state index is 5.98. The second kappa shape index (κ2) is 5.82. The van der Waals surface area contributed by atoms with Crippen LogP contribution in [0.5, 0.6) is 0 Å². The highest BCUT2D eigenvalue weighted by atomic mass is 16.5. The second-order valence-corrected chi connectivity index (χ2v) is 8.90. The molecule has 0 radical (unpaired) electrons. The van der Waals surface area contributed by atoms with Gasteiger partial charge in [0.1, 0.15) is 0 Å². The maximum Gasteiger partial charge on any atom is 0.0606 e. The summed E-state index contributed by atoms with van der Waals surface area (Å²) in [4.78, 5) is 2.77. The van der Waals surface area contributed by atoms with Crippen LogP contribution in [0, 0.1) is 5.92 Å². The van der Waals surface area contributed by atoms with Gasteiger partial charge in [0.05, 0.1) is 18.3 Å². The highest BCUT2D eigenvalue weighted by Crippen LogP contribution is 2.51. The first kappa shape index (κ1) is 17.2. The van der Waals surface area contributed by atoms with Gasteiger partial charge in [-0.15, -0.1) is 0 Å². The predicted molar refractivity (Wildman–Crippen MR) is 87.7 cm³/mol. The molecule has 0 aliphatic carbocycles. The van der Waals surface area contributed by atoms with Crippen molar-refractivity contribution in [3.05, 3.63) is 0 Å². The van der Waals surface area contributed by atoms with Gasteiger partial charge in [-0.05, 0) is 66.2 Å². The van der Waals surface area contributed by atoms with Crippen molar-refractivity contribution in [2.45, 2.75) is 90.0 Å². The summed E-state index contributed by atoms with van der Waals surface area (Å²) < 4.78 is 11.7. The Morgan fingerprint density at radius 2 is 1.67 bits per heavy atom. The van der Waals surface area contributed by atoms with E-state index in [4.69, 9.17) is 9.47 Å². The first-order valence-corrected chi connectivity index (χ1v) is 8.52. The first-order valence-electron chi connectivity index (χ1n) is 8.52. The van der Waals surface area contributed by atoms with E-state index in [2.05, 4.69) is 46.4 Å². The van der Waals surface area contributed by atoms with Gasteiger partial charge in [0.15, 0.2) is 0 Å². The monoisotopic (exact) mass is 297 g/mol. The fourth-order valence-corrected chi connectivity index (χ4v) is 4.30. The molecule has 0 aromatic carbocycles. The average molecular weight is 297 g/mol. The summed E-state index contributed by atoms with van der Waals surface area (Å²) in [5, 5.41) is 0. The third kappa shape index (κ3) is 3.80. The third-order valence-corrected chi connectivity index (χ3v) is 5.47. The normalized spacial score (nSPS) is 38.7. The average Bonchev–Trinajstić information content (AvgIpc) is 2.53. The zero-order valence-corrected chi connectivity index (χ0v) is 15.2. The molecule has 0 aromatic rings. The summed E-state index contributed by atoms with van der Waals surface area (Å²) in [5.41, 5.74) is 0.581. The van der Waals surface area contributed by atoms with E-state index < -0.39 is 0 Å². The number of methoxy groups -OCH3 is 1. The molecule has 2 aliphatic rings. The zero-order chi connectivity index (χ0) is 15.9. The molecular weight excluding hydrogens is 262 g/mol. The van der Waals surface area contributed by atoms with Crippen molar-refractivity contribution in [2.75, 3.05) is 20.3 Å². The molecule has 0 spiro atoms. The summed E-state index contributed by atoms with van der Waals surface area (Å²) in [6.07, 6.45) is 5.38. The van der Waals surface area contributed by atoms with Crippen LogP contribution in [0.2, 0.25) is 0 Å². The molecule has 2 rings (SSSR count). The minimum absolute atomic E-state index is 0.0376. The van der Waals surface area contributed by atoms with Crippen molar-refractivity contribution in [1.82, 2.24) is 4.90 Å². The number of nitrogens with zero attached hydrogens (tertiary/aromatic N) is 1. The molecule has 2 bridgehead atoms. The van der Waals surface area contributed by atoms with Gasteiger partial charge in [0.2, 0.25) is 0 Å². The molecular formula is C18H35NO2. The lowest BCUT2D eigenvalue weighted by atomic mass is 9.82. The Labute approximate surface area is 131 Å². The predicted octanol–water partition coefficient (Wildman–Crippen LogP) is 3.86. The van der Waals surface area contributed by atoms with Crippen LogP contribution < -0.4 is 0 Å². The molecule has 2 aliphatic heterocycles. The summed E-state index contributed by atoms with van der Waals surface area (Å²) >= 11 is 0. The van der Waals surface area contributed by atoms with Gasteiger partial charge >= 0.3 is 0 Å². The lowest BCUT2D eigenvalue weighted by molar-refractivity contribution is -0.0839. The van der Waals surface area contributed by atoms with E-state index in [0.717, 1.165) is 13.2 Å². The van der Waals surface area contributed by atoms with E-state index in [-0.39, 0.29) is 5.60 Å². The van der Waals surface area contributed by atoms with E-state index in [1.54, 1.807) is 0 Å². The van der Waals surface area contributed by atoms with Crippen molar-refractivity contribution < 1.29 is 9.47 Å². The molecule has 4 atom stereocenters. The van der Waals surface area contributed by atoms with Gasteiger partial charge in [0.25, 0.3) is 0 Å². The van der Waals surface area contributed by atoms with E-state index >= 15 is 0 Å². The number of piperidine rings is 1. The molecule has 0 aromatic heterocycles. The Hall–Kier alpha value is -0.120. The SMILES string of the molecule is CO[C@@H]1C[C@]2(C)CC[C@](C)(C1)N2C[C@@H](C)COC(C)(C)C. The Balaban J connectivity index is 2.00. The summed E-state index contributed by atoms with van der Waals surface area (Å²) in [7, 11) is 1.87. The van der Waals surface area contributed by atoms with Gasteiger partial charge in [-0.2, -0.15) is 0 Å². The Morgan fingerprint density at radius 3 is 2.10 bits per heavy atom. The molecule has 2 heterocycles. The highest BCUT2D eigenvalue weighted by Gasteiger charge is 2.55. The van der Waals surface area contributed by atoms with Crippen molar-refractivity contribution in [3.63, 3.8) is 0 Å². The number of rotatable bonds is 5. The van der Waals surface area contributed by atoms with Crippen LogP contribution in [-0.2, 0) is 9.47 Å². The molecule has 2 fully saturated rings. The zero-order valence-electron chi connectivity index (χ0n) is 15.2. The Bertz CT molecular complexity index is 345. The maximum absolute atomic E-state index is 5.98. The van der Waals surface area contributed by atoms with Gasteiger partial charge in [-0.25, -0.2) is 0 Å². The van der Waals surface area contributed by atoms with E-state index in [1.165, 1.54) is 25.7 Å². The number of ether oxygens (including phenoxy) is 2. The van der Waals surface area contributed by atoms with E-state index in [1.807, 2.05) is 7.11 Å².